The second-order valence-electron chi connectivity index (χ2n) is 5.68. The minimum atomic E-state index is 0.0930. The van der Waals surface area contributed by atoms with Crippen molar-refractivity contribution < 1.29 is 4.74 Å². The Morgan fingerprint density at radius 2 is 2.30 bits per heavy atom. The van der Waals surface area contributed by atoms with Crippen molar-refractivity contribution >= 4 is 39.0 Å². The number of aromatic nitrogens is 2. The summed E-state index contributed by atoms with van der Waals surface area (Å²) in [6.45, 7) is 7.25. The Morgan fingerprint density at radius 3 is 3.00 bits per heavy atom. The first-order valence-corrected chi connectivity index (χ1v) is 8.07. The highest BCUT2D eigenvalue weighted by Gasteiger charge is 2.49. The Bertz CT molecular complexity index is 628. The van der Waals surface area contributed by atoms with Gasteiger partial charge in [0, 0.05) is 18.1 Å². The minimum absolute atomic E-state index is 0.0930. The van der Waals surface area contributed by atoms with E-state index >= 15 is 0 Å². The van der Waals surface area contributed by atoms with E-state index in [1.165, 1.54) is 0 Å². The molecule has 0 radical (unpaired) electrons. The quantitative estimate of drug-likeness (QED) is 0.868. The van der Waals surface area contributed by atoms with Gasteiger partial charge < -0.3 is 10.1 Å². The average Bonchev–Trinajstić information content (AvgIpc) is 2.85. The van der Waals surface area contributed by atoms with Crippen LogP contribution in [0.3, 0.4) is 0 Å². The van der Waals surface area contributed by atoms with Crippen molar-refractivity contribution in [2.24, 2.45) is 5.41 Å². The number of fused-ring (bicyclic) bond motifs is 1. The topological polar surface area (TPSA) is 47.0 Å². The van der Waals surface area contributed by atoms with Gasteiger partial charge in [0.05, 0.1) is 11.5 Å². The summed E-state index contributed by atoms with van der Waals surface area (Å²) < 4.78 is 5.76. The molecule has 6 heteroatoms. The number of ether oxygens (including phenoxy) is 1. The summed E-state index contributed by atoms with van der Waals surface area (Å²) in [5.74, 6) is 0.828. The van der Waals surface area contributed by atoms with Crippen molar-refractivity contribution in [3.8, 4) is 0 Å². The van der Waals surface area contributed by atoms with E-state index in [1.54, 1.807) is 11.3 Å². The fourth-order valence-corrected chi connectivity index (χ4v) is 3.70. The van der Waals surface area contributed by atoms with Gasteiger partial charge in [0.1, 0.15) is 10.6 Å². The van der Waals surface area contributed by atoms with Gasteiger partial charge in [-0.2, -0.15) is 0 Å². The van der Waals surface area contributed by atoms with Gasteiger partial charge in [-0.25, -0.2) is 9.97 Å². The maximum absolute atomic E-state index is 5.99. The van der Waals surface area contributed by atoms with Crippen LogP contribution in [0.2, 0.25) is 5.28 Å². The van der Waals surface area contributed by atoms with Crippen molar-refractivity contribution in [1.82, 2.24) is 9.97 Å². The fraction of sp³-hybridized carbons (Fsp3) is 0.571. The van der Waals surface area contributed by atoms with Crippen LogP contribution in [-0.2, 0) is 4.74 Å². The van der Waals surface area contributed by atoms with Gasteiger partial charge in [-0.1, -0.05) is 13.8 Å². The van der Waals surface area contributed by atoms with Gasteiger partial charge in [-0.3, -0.25) is 0 Å². The highest BCUT2D eigenvalue weighted by molar-refractivity contribution is 7.16. The molecular formula is C14H18ClN3OS. The molecule has 108 valence electrons. The maximum atomic E-state index is 5.99. The van der Waals surface area contributed by atoms with Crippen LogP contribution in [0.25, 0.3) is 10.2 Å². The lowest BCUT2D eigenvalue weighted by atomic mass is 9.64. The van der Waals surface area contributed by atoms with E-state index in [2.05, 4.69) is 29.1 Å². The molecule has 0 aromatic carbocycles. The van der Waals surface area contributed by atoms with Gasteiger partial charge in [-0.05, 0) is 36.4 Å². The summed E-state index contributed by atoms with van der Waals surface area (Å²) in [6.07, 6.45) is 1.30. The first-order valence-electron chi connectivity index (χ1n) is 6.81. The summed E-state index contributed by atoms with van der Waals surface area (Å²) in [6, 6.07) is 2.37. The van der Waals surface area contributed by atoms with Gasteiger partial charge in [0.15, 0.2) is 0 Å². The van der Waals surface area contributed by atoms with Crippen molar-refractivity contribution in [3.63, 3.8) is 0 Å². The first kappa shape index (κ1) is 14.0. The van der Waals surface area contributed by atoms with Crippen molar-refractivity contribution in [2.45, 2.75) is 39.3 Å². The number of thiophene rings is 1. The van der Waals surface area contributed by atoms with Crippen LogP contribution in [0.15, 0.2) is 11.4 Å². The van der Waals surface area contributed by atoms with E-state index in [-0.39, 0.29) is 5.41 Å². The van der Waals surface area contributed by atoms with Crippen LogP contribution < -0.4 is 5.32 Å². The van der Waals surface area contributed by atoms with E-state index in [4.69, 9.17) is 16.3 Å². The van der Waals surface area contributed by atoms with E-state index < -0.39 is 0 Å². The summed E-state index contributed by atoms with van der Waals surface area (Å²) >= 11 is 7.57. The number of nitrogens with zero attached hydrogens (tertiary/aromatic N) is 2. The molecule has 2 atom stereocenters. The third-order valence-corrected chi connectivity index (χ3v) is 5.13. The summed E-state index contributed by atoms with van der Waals surface area (Å²) in [7, 11) is 0. The second-order valence-corrected chi connectivity index (χ2v) is 6.91. The lowest BCUT2D eigenvalue weighted by Crippen LogP contribution is -2.58. The van der Waals surface area contributed by atoms with Gasteiger partial charge in [-0.15, -0.1) is 11.3 Å². The zero-order valence-electron chi connectivity index (χ0n) is 11.8. The molecule has 0 aliphatic heterocycles. The van der Waals surface area contributed by atoms with Crippen LogP contribution in [0.4, 0.5) is 5.82 Å². The molecule has 0 amide bonds. The zero-order chi connectivity index (χ0) is 14.3. The third kappa shape index (κ3) is 2.28. The molecule has 1 saturated carbocycles. The highest BCUT2D eigenvalue weighted by Crippen LogP contribution is 2.44. The lowest BCUT2D eigenvalue weighted by molar-refractivity contribution is -0.0976. The zero-order valence-corrected chi connectivity index (χ0v) is 13.4. The smallest absolute Gasteiger partial charge is 0.225 e. The summed E-state index contributed by atoms with van der Waals surface area (Å²) in [5, 5.41) is 6.86. The SMILES string of the molecule is CCOC1CC(Nc2nc(Cl)nc3sccc23)C1(C)C. The summed E-state index contributed by atoms with van der Waals surface area (Å²) in [5.41, 5.74) is 0.0930. The predicted molar refractivity (Wildman–Crippen MR) is 83.6 cm³/mol. The fourth-order valence-electron chi connectivity index (χ4n) is 2.72. The number of anilines is 1. The Balaban J connectivity index is 1.83. The number of hydrogen-bond acceptors (Lipinski definition) is 5. The molecule has 2 aromatic rings. The first-order chi connectivity index (χ1) is 9.52. The molecule has 1 fully saturated rings. The van der Waals surface area contributed by atoms with E-state index in [1.807, 2.05) is 18.4 Å². The van der Waals surface area contributed by atoms with E-state index in [0.29, 0.717) is 17.4 Å². The number of rotatable bonds is 4. The van der Waals surface area contributed by atoms with Crippen LogP contribution in [0.1, 0.15) is 27.2 Å². The molecule has 4 nitrogen and oxygen atoms in total. The van der Waals surface area contributed by atoms with E-state index in [0.717, 1.165) is 29.1 Å². The molecule has 0 spiro atoms. The van der Waals surface area contributed by atoms with Crippen molar-refractivity contribution in [1.29, 1.82) is 0 Å². The monoisotopic (exact) mass is 311 g/mol. The van der Waals surface area contributed by atoms with Gasteiger partial charge in [0.2, 0.25) is 5.28 Å². The molecule has 0 bridgehead atoms. The third-order valence-electron chi connectivity index (χ3n) is 4.15. The Morgan fingerprint density at radius 1 is 1.50 bits per heavy atom. The standard InChI is InChI=1S/C14H18ClN3OS/c1-4-19-10-7-9(14(10,2)3)16-11-8-5-6-20-12(8)18-13(15)17-11/h5-6,9-10H,4,7H2,1-3H3,(H,16,17,18). The Kier molecular flexibility index (Phi) is 3.60. The molecule has 0 saturated heterocycles. The largest absolute Gasteiger partial charge is 0.378 e. The molecule has 2 aromatic heterocycles. The number of halogens is 1. The highest BCUT2D eigenvalue weighted by atomic mass is 35.5. The Hall–Kier alpha value is -0.910. The van der Waals surface area contributed by atoms with Gasteiger partial charge in [0.25, 0.3) is 0 Å². The van der Waals surface area contributed by atoms with E-state index in [9.17, 15) is 0 Å². The molecule has 1 aliphatic carbocycles. The number of hydrogen-bond donors (Lipinski definition) is 1. The Labute approximate surface area is 127 Å². The van der Waals surface area contributed by atoms with Crippen molar-refractivity contribution in [3.05, 3.63) is 16.7 Å². The predicted octanol–water partition coefficient (Wildman–Crippen LogP) is 3.96. The molecule has 1 N–H and O–H groups in total. The molecule has 20 heavy (non-hydrogen) atoms. The normalized spacial score (nSPS) is 24.6. The maximum Gasteiger partial charge on any atom is 0.225 e. The molecular weight excluding hydrogens is 294 g/mol. The minimum Gasteiger partial charge on any atom is -0.378 e. The molecule has 2 heterocycles. The molecule has 3 rings (SSSR count). The second kappa shape index (κ2) is 5.13. The van der Waals surface area contributed by atoms with Crippen LogP contribution in [0, 0.1) is 5.41 Å². The molecule has 2 unspecified atom stereocenters. The number of nitrogens with one attached hydrogen (secondary N) is 1. The summed E-state index contributed by atoms with van der Waals surface area (Å²) in [4.78, 5) is 9.50. The van der Waals surface area contributed by atoms with Crippen molar-refractivity contribution in [2.75, 3.05) is 11.9 Å². The van der Waals surface area contributed by atoms with Crippen LogP contribution in [0.5, 0.6) is 0 Å². The van der Waals surface area contributed by atoms with Crippen LogP contribution >= 0.6 is 22.9 Å². The lowest BCUT2D eigenvalue weighted by Gasteiger charge is -2.51. The van der Waals surface area contributed by atoms with Crippen LogP contribution in [-0.4, -0.2) is 28.7 Å². The molecule has 1 aliphatic rings. The van der Waals surface area contributed by atoms with Gasteiger partial charge >= 0.3 is 0 Å². The average molecular weight is 312 g/mol.